The summed E-state index contributed by atoms with van der Waals surface area (Å²) < 4.78 is 104. The molecule has 0 saturated carbocycles. The van der Waals surface area contributed by atoms with Crippen molar-refractivity contribution in [1.29, 1.82) is 0 Å². The summed E-state index contributed by atoms with van der Waals surface area (Å²) in [5.74, 6) is -0.705. The SMILES string of the molecule is Cc1ncnc2c1ncn2[C@@H]1O[C@@H]2COP(=O)(SCOC(=O)OC(C)C)O[C@H]3[C@@H](F)[C@H](n4ccc(=O)[nH]c4=O)O[C@@H]3COP(=O)(O)O[C@H]2[C@H]1F. The number of alkyl halides is 2. The van der Waals surface area contributed by atoms with Crippen molar-refractivity contribution >= 4 is 43.3 Å². The largest absolute Gasteiger partial charge is 0.509 e. The van der Waals surface area contributed by atoms with Crippen LogP contribution in [0.25, 0.3) is 11.2 Å². The Morgan fingerprint density at radius 1 is 1.06 bits per heavy atom. The molecule has 10 atom stereocenters. The molecule has 50 heavy (non-hydrogen) atoms. The van der Waals surface area contributed by atoms with E-state index in [1.165, 1.54) is 17.2 Å². The molecule has 6 heterocycles. The van der Waals surface area contributed by atoms with E-state index in [1.807, 2.05) is 4.98 Å². The molecule has 0 spiro atoms. The molecule has 2 N–H and O–H groups in total. The average molecular weight is 771 g/mol. The van der Waals surface area contributed by atoms with Crippen LogP contribution in [0.5, 0.6) is 0 Å². The Balaban J connectivity index is 1.31. The third-order valence-electron chi connectivity index (χ3n) is 7.50. The molecule has 0 aromatic carbocycles. The van der Waals surface area contributed by atoms with Crippen molar-refractivity contribution in [2.75, 3.05) is 19.2 Å². The van der Waals surface area contributed by atoms with Crippen molar-refractivity contribution in [2.45, 2.75) is 76.1 Å². The van der Waals surface area contributed by atoms with Crippen LogP contribution >= 0.6 is 26.0 Å². The van der Waals surface area contributed by atoms with Gasteiger partial charge in [0.25, 0.3) is 5.56 Å². The number of nitrogens with one attached hydrogen (secondary N) is 1. The fourth-order valence-corrected chi connectivity index (χ4v) is 9.01. The second-order valence-electron chi connectivity index (χ2n) is 11.3. The van der Waals surface area contributed by atoms with Gasteiger partial charge in [0.1, 0.15) is 36.3 Å². The summed E-state index contributed by atoms with van der Waals surface area (Å²) in [7, 11) is -5.20. The first-order chi connectivity index (χ1) is 23.6. The number of H-pyrrole nitrogens is 1. The van der Waals surface area contributed by atoms with Gasteiger partial charge in [-0.2, -0.15) is 0 Å². The van der Waals surface area contributed by atoms with Crippen LogP contribution in [0.2, 0.25) is 0 Å². The molecule has 274 valence electrons. The number of hydrogen-bond acceptors (Lipinski definition) is 17. The summed E-state index contributed by atoms with van der Waals surface area (Å²) in [4.78, 5) is 60.9. The van der Waals surface area contributed by atoms with Gasteiger partial charge in [-0.3, -0.25) is 37.0 Å². The Hall–Kier alpha value is -3.11. The van der Waals surface area contributed by atoms with Crippen molar-refractivity contribution in [3.05, 3.63) is 51.4 Å². The topological polar surface area (TPSA) is 244 Å². The standard InChI is InChI=1S/C25H30F2N6O14P2S/c1-11(2)43-25(36)40-10-50-49(39)42-7-14-19(16(26)23(45-14)33-9-30-18-12(3)28-8-29-21(18)33)46-48(37,38)41-6-13-20(47-49)17(27)22(44-13)32-5-4-15(34)31-24(32)35/h4-5,8-9,11,13-14,16-17,19-20,22-23H,6-7,10H2,1-3H3,(H,37,38)(H,31,34,35)/t13-,14-,16-,17-,19-,20-,22-,23-,49?/m1/s1. The Morgan fingerprint density at radius 2 is 1.72 bits per heavy atom. The lowest BCUT2D eigenvalue weighted by molar-refractivity contribution is -0.0619. The maximum Gasteiger partial charge on any atom is 0.509 e. The number of hydrogen-bond donors (Lipinski definition) is 2. The normalized spacial score (nSPS) is 34.9. The Morgan fingerprint density at radius 3 is 2.40 bits per heavy atom. The zero-order valence-electron chi connectivity index (χ0n) is 26.2. The number of carbonyl (C=O) groups is 1. The molecule has 6 rings (SSSR count). The third-order valence-corrected chi connectivity index (χ3v) is 11.8. The molecular formula is C25H30F2N6O14P2S. The van der Waals surface area contributed by atoms with Crippen molar-refractivity contribution in [1.82, 2.24) is 29.1 Å². The lowest BCUT2D eigenvalue weighted by Crippen LogP contribution is -2.38. The second-order valence-corrected chi connectivity index (χ2v) is 16.7. The molecule has 3 aliphatic rings. The highest BCUT2D eigenvalue weighted by Gasteiger charge is 2.55. The second kappa shape index (κ2) is 14.5. The van der Waals surface area contributed by atoms with E-state index in [2.05, 4.69) is 15.0 Å². The quantitative estimate of drug-likeness (QED) is 0.208. The minimum absolute atomic E-state index is 0.164. The molecule has 0 bridgehead atoms. The highest BCUT2D eigenvalue weighted by molar-refractivity contribution is 8.55. The molecule has 3 aromatic heterocycles. The summed E-state index contributed by atoms with van der Waals surface area (Å²) in [5, 5.41) is 0. The molecule has 0 amide bonds. The van der Waals surface area contributed by atoms with Gasteiger partial charge in [-0.05, 0) is 20.8 Å². The molecule has 3 aliphatic heterocycles. The van der Waals surface area contributed by atoms with Crippen molar-refractivity contribution in [3.8, 4) is 0 Å². The molecule has 3 saturated heterocycles. The number of ether oxygens (including phenoxy) is 4. The first kappa shape index (κ1) is 36.7. The molecule has 0 radical (unpaired) electrons. The molecule has 3 aromatic rings. The number of phosphoric ester groups is 1. The van der Waals surface area contributed by atoms with Gasteiger partial charge in [-0.15, -0.1) is 0 Å². The number of aromatic amines is 1. The third kappa shape index (κ3) is 7.71. The molecule has 2 unspecified atom stereocenters. The Labute approximate surface area is 283 Å². The van der Waals surface area contributed by atoms with E-state index >= 15 is 8.78 Å². The zero-order valence-corrected chi connectivity index (χ0v) is 28.8. The van der Waals surface area contributed by atoms with Crippen LogP contribution in [0.1, 0.15) is 32.0 Å². The predicted octanol–water partition coefficient (Wildman–Crippen LogP) is 2.43. The number of nitrogens with zero attached hydrogens (tertiary/aromatic N) is 5. The maximum atomic E-state index is 16.2. The van der Waals surface area contributed by atoms with Crippen molar-refractivity contribution in [3.63, 3.8) is 0 Å². The molecular weight excluding hydrogens is 740 g/mol. The first-order valence-corrected chi connectivity index (χ1v) is 19.4. The molecule has 0 aliphatic carbocycles. The van der Waals surface area contributed by atoms with Crippen LogP contribution in [-0.2, 0) is 46.2 Å². The number of imidazole rings is 1. The Kier molecular flexibility index (Phi) is 10.6. The number of aromatic nitrogens is 6. The lowest BCUT2D eigenvalue weighted by Gasteiger charge is -2.29. The van der Waals surface area contributed by atoms with E-state index in [1.54, 1.807) is 20.8 Å². The van der Waals surface area contributed by atoms with Crippen LogP contribution in [-0.4, -0.2) is 102 Å². The summed E-state index contributed by atoms with van der Waals surface area (Å²) in [6, 6.07) is 0.910. The van der Waals surface area contributed by atoms with Gasteiger partial charge in [0.15, 0.2) is 36.4 Å². The fraction of sp³-hybridized carbons (Fsp3) is 0.600. The van der Waals surface area contributed by atoms with Gasteiger partial charge in [0.05, 0.1) is 31.3 Å². The van der Waals surface area contributed by atoms with Gasteiger partial charge in [0, 0.05) is 23.6 Å². The monoisotopic (exact) mass is 770 g/mol. The van der Waals surface area contributed by atoms with Crippen LogP contribution in [0.15, 0.2) is 34.5 Å². The number of carbonyl (C=O) groups excluding carboxylic acids is 1. The highest BCUT2D eigenvalue weighted by Crippen LogP contribution is 2.64. The summed E-state index contributed by atoms with van der Waals surface area (Å²) >= 11 is 0.278. The summed E-state index contributed by atoms with van der Waals surface area (Å²) in [6.07, 6.45) is -13.3. The number of rotatable bonds is 6. The minimum Gasteiger partial charge on any atom is -0.432 e. The molecule has 20 nitrogen and oxygen atoms in total. The number of phosphoric acid groups is 1. The van der Waals surface area contributed by atoms with Crippen molar-refractivity contribution in [2.24, 2.45) is 0 Å². The van der Waals surface area contributed by atoms with Crippen LogP contribution in [0.3, 0.4) is 0 Å². The molecule has 25 heteroatoms. The van der Waals surface area contributed by atoms with Gasteiger partial charge >= 0.3 is 26.5 Å². The maximum absolute atomic E-state index is 16.2. The van der Waals surface area contributed by atoms with Gasteiger partial charge in [0.2, 0.25) is 0 Å². The van der Waals surface area contributed by atoms with Crippen LogP contribution < -0.4 is 11.2 Å². The van der Waals surface area contributed by atoms with E-state index in [-0.39, 0.29) is 17.0 Å². The minimum atomic E-state index is -5.20. The zero-order chi connectivity index (χ0) is 36.0. The summed E-state index contributed by atoms with van der Waals surface area (Å²) in [6.45, 7) is -1.75. The van der Waals surface area contributed by atoms with Gasteiger partial charge < -0.3 is 23.8 Å². The smallest absolute Gasteiger partial charge is 0.432 e. The average Bonchev–Trinajstić information content (AvgIpc) is 3.69. The number of halogens is 2. The van der Waals surface area contributed by atoms with E-state index < -0.39 is 106 Å². The lowest BCUT2D eigenvalue weighted by atomic mass is 10.1. The van der Waals surface area contributed by atoms with E-state index in [4.69, 9.17) is 37.0 Å². The van der Waals surface area contributed by atoms with E-state index in [0.29, 0.717) is 15.8 Å². The fourth-order valence-electron chi connectivity index (χ4n) is 5.27. The van der Waals surface area contributed by atoms with E-state index in [0.717, 1.165) is 12.3 Å². The van der Waals surface area contributed by atoms with Crippen molar-refractivity contribution < 1.29 is 64.6 Å². The molecule has 3 fully saturated rings. The Bertz CT molecular complexity index is 1950. The van der Waals surface area contributed by atoms with Gasteiger partial charge in [-0.25, -0.2) is 42.5 Å². The highest BCUT2D eigenvalue weighted by atomic mass is 32.7. The predicted molar refractivity (Wildman–Crippen MR) is 163 cm³/mol. The summed E-state index contributed by atoms with van der Waals surface area (Å²) in [5.41, 5.74) is -0.909. The van der Waals surface area contributed by atoms with Gasteiger partial charge in [-0.1, -0.05) is 0 Å². The first-order valence-electron chi connectivity index (χ1n) is 14.8. The van der Waals surface area contributed by atoms with Crippen LogP contribution in [0.4, 0.5) is 13.6 Å². The van der Waals surface area contributed by atoms with E-state index in [9.17, 15) is 28.4 Å². The number of fused-ring (bicyclic) bond motifs is 3. The van der Waals surface area contributed by atoms with Crippen LogP contribution in [0, 0.1) is 6.92 Å². The number of aryl methyl sites for hydroxylation is 1.